The highest BCUT2D eigenvalue weighted by atomic mass is 32.2. The summed E-state index contributed by atoms with van der Waals surface area (Å²) in [5.74, 6) is -0.729. The fourth-order valence-corrected chi connectivity index (χ4v) is 5.70. The number of amides is 2. The predicted octanol–water partition coefficient (Wildman–Crippen LogP) is 2.98. The van der Waals surface area contributed by atoms with Crippen LogP contribution in [0.4, 0.5) is 10.5 Å². The standard InChI is InChI=1S/C22H27N3O5S/c1-16-6-8-17(9-7-16)10-11-22(12-14-25(15-13-22)21(27)28)31(29,30)24-19-5-3-2-4-18(19)20(23)26/h2-9,24H,10-15H2,1H3,(H2,23,26)(H,27,28). The first kappa shape index (κ1) is 22.6. The molecule has 0 spiro atoms. The third kappa shape index (κ3) is 4.99. The number of nitrogens with zero attached hydrogens (tertiary/aromatic N) is 1. The SMILES string of the molecule is Cc1ccc(CCC2(S(=O)(=O)Nc3ccccc3C(N)=O)CCN(C(=O)O)CC2)cc1. The number of para-hydroxylation sites is 1. The molecule has 3 rings (SSSR count). The highest BCUT2D eigenvalue weighted by molar-refractivity contribution is 7.94. The van der Waals surface area contributed by atoms with Crippen molar-refractivity contribution in [2.24, 2.45) is 5.73 Å². The minimum Gasteiger partial charge on any atom is -0.465 e. The minimum atomic E-state index is -3.96. The van der Waals surface area contributed by atoms with Crippen LogP contribution in [-0.4, -0.2) is 48.3 Å². The van der Waals surface area contributed by atoms with Crippen molar-refractivity contribution in [2.75, 3.05) is 17.8 Å². The van der Waals surface area contributed by atoms with Crippen molar-refractivity contribution in [1.29, 1.82) is 0 Å². The van der Waals surface area contributed by atoms with Crippen LogP contribution in [0.25, 0.3) is 0 Å². The number of sulfonamides is 1. The number of carbonyl (C=O) groups is 2. The van der Waals surface area contributed by atoms with Gasteiger partial charge in [-0.05, 0) is 50.3 Å². The molecule has 0 radical (unpaired) electrons. The first-order valence-electron chi connectivity index (χ1n) is 10.1. The summed E-state index contributed by atoms with van der Waals surface area (Å²) >= 11 is 0. The molecule has 1 heterocycles. The second-order valence-electron chi connectivity index (χ2n) is 7.95. The molecule has 2 aromatic carbocycles. The van der Waals surface area contributed by atoms with Gasteiger partial charge < -0.3 is 15.7 Å². The Labute approximate surface area is 182 Å². The van der Waals surface area contributed by atoms with Crippen LogP contribution in [0.5, 0.6) is 0 Å². The van der Waals surface area contributed by atoms with Gasteiger partial charge in [-0.1, -0.05) is 42.0 Å². The Hall–Kier alpha value is -3.07. The fraction of sp³-hybridized carbons (Fsp3) is 0.364. The maximum Gasteiger partial charge on any atom is 0.407 e. The van der Waals surface area contributed by atoms with E-state index in [4.69, 9.17) is 5.73 Å². The molecular formula is C22H27N3O5S. The lowest BCUT2D eigenvalue weighted by Crippen LogP contribution is -2.52. The van der Waals surface area contributed by atoms with Crippen molar-refractivity contribution < 1.29 is 23.1 Å². The molecular weight excluding hydrogens is 418 g/mol. The van der Waals surface area contributed by atoms with Crippen LogP contribution in [0.2, 0.25) is 0 Å². The van der Waals surface area contributed by atoms with Crippen molar-refractivity contribution in [3.8, 4) is 0 Å². The van der Waals surface area contributed by atoms with E-state index < -0.39 is 26.8 Å². The number of carboxylic acid groups (broad SMARTS) is 1. The van der Waals surface area contributed by atoms with Gasteiger partial charge in [-0.15, -0.1) is 0 Å². The molecule has 2 aromatic rings. The average molecular weight is 446 g/mol. The van der Waals surface area contributed by atoms with E-state index in [1.807, 2.05) is 31.2 Å². The van der Waals surface area contributed by atoms with E-state index in [-0.39, 0.29) is 37.2 Å². The normalized spacial score (nSPS) is 16.0. The van der Waals surface area contributed by atoms with Crippen molar-refractivity contribution >= 4 is 27.7 Å². The molecule has 4 N–H and O–H groups in total. The summed E-state index contributed by atoms with van der Waals surface area (Å²) < 4.78 is 28.6. The van der Waals surface area contributed by atoms with Gasteiger partial charge in [0.1, 0.15) is 0 Å². The van der Waals surface area contributed by atoms with Gasteiger partial charge in [-0.2, -0.15) is 0 Å². The molecule has 2 amide bonds. The Kier molecular flexibility index (Phi) is 6.54. The molecule has 1 aliphatic rings. The number of likely N-dealkylation sites (tertiary alicyclic amines) is 1. The smallest absolute Gasteiger partial charge is 0.407 e. The second kappa shape index (κ2) is 8.97. The topological polar surface area (TPSA) is 130 Å². The van der Waals surface area contributed by atoms with Crippen molar-refractivity contribution in [2.45, 2.75) is 37.4 Å². The van der Waals surface area contributed by atoms with Gasteiger partial charge in [0.2, 0.25) is 10.0 Å². The van der Waals surface area contributed by atoms with Crippen LogP contribution in [0.15, 0.2) is 48.5 Å². The van der Waals surface area contributed by atoms with Crippen LogP contribution in [0.1, 0.15) is 40.7 Å². The Morgan fingerprint density at radius 2 is 1.71 bits per heavy atom. The third-order valence-corrected chi connectivity index (χ3v) is 8.18. The summed E-state index contributed by atoms with van der Waals surface area (Å²) in [6, 6.07) is 14.1. The molecule has 0 atom stereocenters. The molecule has 9 heteroatoms. The maximum atomic E-state index is 13.6. The first-order chi connectivity index (χ1) is 14.6. The number of carbonyl (C=O) groups excluding carboxylic acids is 1. The molecule has 1 aliphatic heterocycles. The Bertz CT molecular complexity index is 1060. The lowest BCUT2D eigenvalue weighted by molar-refractivity contribution is 0.100. The first-order valence-corrected chi connectivity index (χ1v) is 11.6. The summed E-state index contributed by atoms with van der Waals surface area (Å²) in [7, 11) is -3.96. The van der Waals surface area contributed by atoms with Gasteiger partial charge in [-0.3, -0.25) is 9.52 Å². The van der Waals surface area contributed by atoms with Gasteiger partial charge in [0, 0.05) is 13.1 Å². The number of rotatable bonds is 7. The predicted molar refractivity (Wildman–Crippen MR) is 119 cm³/mol. The zero-order valence-electron chi connectivity index (χ0n) is 17.4. The van der Waals surface area contributed by atoms with Crippen LogP contribution >= 0.6 is 0 Å². The zero-order chi connectivity index (χ0) is 22.6. The van der Waals surface area contributed by atoms with Crippen LogP contribution in [0, 0.1) is 6.92 Å². The summed E-state index contributed by atoms with van der Waals surface area (Å²) in [6.45, 7) is 2.24. The number of hydrogen-bond donors (Lipinski definition) is 3. The molecule has 166 valence electrons. The largest absolute Gasteiger partial charge is 0.465 e. The molecule has 31 heavy (non-hydrogen) atoms. The molecule has 8 nitrogen and oxygen atoms in total. The number of anilines is 1. The number of nitrogens with two attached hydrogens (primary N) is 1. The molecule has 0 aromatic heterocycles. The highest BCUT2D eigenvalue weighted by Gasteiger charge is 2.46. The molecule has 1 saturated heterocycles. The van der Waals surface area contributed by atoms with E-state index in [1.165, 1.54) is 17.0 Å². The van der Waals surface area contributed by atoms with Crippen molar-refractivity contribution in [3.63, 3.8) is 0 Å². The van der Waals surface area contributed by atoms with Crippen LogP contribution in [-0.2, 0) is 16.4 Å². The molecule has 0 bridgehead atoms. The molecule has 0 aliphatic carbocycles. The maximum absolute atomic E-state index is 13.6. The van der Waals surface area contributed by atoms with Crippen molar-refractivity contribution in [1.82, 2.24) is 4.90 Å². The van der Waals surface area contributed by atoms with Gasteiger partial charge in [-0.25, -0.2) is 13.2 Å². The van der Waals surface area contributed by atoms with Crippen molar-refractivity contribution in [3.05, 3.63) is 65.2 Å². The average Bonchev–Trinajstić information content (AvgIpc) is 2.73. The molecule has 0 unspecified atom stereocenters. The van der Waals surface area contributed by atoms with Crippen LogP contribution in [0.3, 0.4) is 0 Å². The van der Waals surface area contributed by atoms with Gasteiger partial charge in [0.05, 0.1) is 16.0 Å². The summed E-state index contributed by atoms with van der Waals surface area (Å²) in [6.07, 6.45) is 0.137. The van der Waals surface area contributed by atoms with Crippen LogP contribution < -0.4 is 10.5 Å². The Morgan fingerprint density at radius 1 is 1.10 bits per heavy atom. The zero-order valence-corrected chi connectivity index (χ0v) is 18.2. The monoisotopic (exact) mass is 445 g/mol. The molecule has 1 fully saturated rings. The Balaban J connectivity index is 1.90. The third-order valence-electron chi connectivity index (χ3n) is 5.94. The van der Waals surface area contributed by atoms with E-state index in [0.717, 1.165) is 11.1 Å². The number of hydrogen-bond acceptors (Lipinski definition) is 4. The minimum absolute atomic E-state index is 0.0859. The number of piperidine rings is 1. The van der Waals surface area contributed by atoms with E-state index in [1.54, 1.807) is 12.1 Å². The molecule has 0 saturated carbocycles. The fourth-order valence-electron chi connectivity index (χ4n) is 3.93. The van der Waals surface area contributed by atoms with Gasteiger partial charge in [0.15, 0.2) is 0 Å². The van der Waals surface area contributed by atoms with E-state index in [0.29, 0.717) is 12.8 Å². The van der Waals surface area contributed by atoms with E-state index >= 15 is 0 Å². The number of primary amides is 1. The Morgan fingerprint density at radius 3 is 2.29 bits per heavy atom. The van der Waals surface area contributed by atoms with E-state index in [2.05, 4.69) is 4.72 Å². The number of nitrogens with one attached hydrogen (secondary N) is 1. The number of benzene rings is 2. The highest BCUT2D eigenvalue weighted by Crippen LogP contribution is 2.37. The second-order valence-corrected chi connectivity index (χ2v) is 10.0. The van der Waals surface area contributed by atoms with Gasteiger partial charge >= 0.3 is 6.09 Å². The summed E-state index contributed by atoms with van der Waals surface area (Å²) in [5.41, 5.74) is 7.74. The quantitative estimate of drug-likeness (QED) is 0.603. The lowest BCUT2D eigenvalue weighted by Gasteiger charge is -2.40. The summed E-state index contributed by atoms with van der Waals surface area (Å²) in [5, 5.41) is 9.29. The van der Waals surface area contributed by atoms with E-state index in [9.17, 15) is 23.1 Å². The lowest BCUT2D eigenvalue weighted by atomic mass is 9.89. The summed E-state index contributed by atoms with van der Waals surface area (Å²) in [4.78, 5) is 24.3. The number of aryl methyl sites for hydroxylation is 2. The van der Waals surface area contributed by atoms with Gasteiger partial charge in [0.25, 0.3) is 5.91 Å².